The fraction of sp³-hybridized carbons (Fsp3) is 0.280. The van der Waals surface area contributed by atoms with Crippen LogP contribution in [0.15, 0.2) is 64.0 Å². The molecule has 1 aliphatic heterocycles. The van der Waals surface area contributed by atoms with Gasteiger partial charge in [-0.05, 0) is 49.6 Å². The number of carbonyl (C=O) groups is 3. The molecule has 0 bridgehead atoms. The van der Waals surface area contributed by atoms with Gasteiger partial charge in [0, 0.05) is 23.1 Å². The number of nitrogens with zero attached hydrogens (tertiary/aromatic N) is 1. The molecule has 1 unspecified atom stereocenters. The van der Waals surface area contributed by atoms with Gasteiger partial charge in [0.2, 0.25) is 11.8 Å². The van der Waals surface area contributed by atoms with E-state index in [1.165, 1.54) is 11.8 Å². The third kappa shape index (κ3) is 4.85. The van der Waals surface area contributed by atoms with Crippen LogP contribution in [0.25, 0.3) is 0 Å². The summed E-state index contributed by atoms with van der Waals surface area (Å²) in [4.78, 5) is 38.0. The van der Waals surface area contributed by atoms with E-state index in [0.717, 1.165) is 21.9 Å². The first-order valence-corrected chi connectivity index (χ1v) is 11.8. The highest BCUT2D eigenvalue weighted by atomic mass is 32.2. The molecule has 33 heavy (non-hydrogen) atoms. The van der Waals surface area contributed by atoms with Crippen molar-refractivity contribution in [2.45, 2.75) is 49.2 Å². The summed E-state index contributed by atoms with van der Waals surface area (Å²) in [5, 5.41) is 9.29. The first kappa shape index (κ1) is 22.8. The lowest BCUT2D eigenvalue weighted by Crippen LogP contribution is -2.51. The molecule has 0 spiro atoms. The average molecular weight is 464 g/mol. The Labute approximate surface area is 196 Å². The van der Waals surface area contributed by atoms with Crippen molar-refractivity contribution in [1.29, 1.82) is 0 Å². The van der Waals surface area contributed by atoms with Crippen LogP contribution in [-0.2, 0) is 20.8 Å². The predicted octanol–water partition coefficient (Wildman–Crippen LogP) is 4.61. The quantitative estimate of drug-likeness (QED) is 0.392. The fourth-order valence-electron chi connectivity index (χ4n) is 4.05. The maximum Gasteiger partial charge on any atom is 0.256 e. The van der Waals surface area contributed by atoms with Crippen LogP contribution < -0.4 is 10.6 Å². The van der Waals surface area contributed by atoms with Crippen molar-refractivity contribution in [3.63, 3.8) is 0 Å². The minimum atomic E-state index is -0.723. The zero-order valence-electron chi connectivity index (χ0n) is 18.5. The zero-order chi connectivity index (χ0) is 23.4. The third-order valence-electron chi connectivity index (χ3n) is 5.94. The summed E-state index contributed by atoms with van der Waals surface area (Å²) in [7, 11) is 0. The van der Waals surface area contributed by atoms with Crippen molar-refractivity contribution in [1.82, 2.24) is 10.5 Å². The molecule has 2 aromatic carbocycles. The van der Waals surface area contributed by atoms with Gasteiger partial charge in [0.05, 0.1) is 22.4 Å². The summed E-state index contributed by atoms with van der Waals surface area (Å²) in [6, 6.07) is 16.6. The number of aromatic nitrogens is 1. The largest absolute Gasteiger partial charge is 0.360 e. The van der Waals surface area contributed by atoms with Crippen molar-refractivity contribution in [2.24, 2.45) is 0 Å². The third-order valence-corrected chi connectivity index (χ3v) is 7.04. The number of nitrogens with one attached hydrogen (secondary N) is 2. The van der Waals surface area contributed by atoms with E-state index in [1.54, 1.807) is 18.2 Å². The number of thioether (sulfide) groups is 1. The summed E-state index contributed by atoms with van der Waals surface area (Å²) < 4.78 is 5.26. The molecule has 3 aromatic rings. The van der Waals surface area contributed by atoms with Crippen LogP contribution in [0.5, 0.6) is 0 Å². The van der Waals surface area contributed by atoms with E-state index >= 15 is 0 Å². The Balaban J connectivity index is 1.47. The van der Waals surface area contributed by atoms with Gasteiger partial charge in [-0.25, -0.2) is 0 Å². The number of carbonyl (C=O) groups excluding carboxylic acids is 3. The van der Waals surface area contributed by atoms with E-state index in [2.05, 4.69) is 15.8 Å². The molecule has 1 fully saturated rings. The zero-order valence-corrected chi connectivity index (χ0v) is 19.3. The Morgan fingerprint density at radius 1 is 1.18 bits per heavy atom. The maximum atomic E-state index is 13.0. The summed E-state index contributed by atoms with van der Waals surface area (Å²) in [6.07, 6.45) is 1.39. The summed E-state index contributed by atoms with van der Waals surface area (Å²) in [5.74, 6) is 0.616. The van der Waals surface area contributed by atoms with Crippen LogP contribution in [0.4, 0.5) is 5.69 Å². The Hall–Kier alpha value is -3.39. The molecule has 1 aliphatic rings. The Kier molecular flexibility index (Phi) is 6.65. The van der Waals surface area contributed by atoms with Gasteiger partial charge in [-0.3, -0.25) is 19.7 Å². The number of hydrogen-bond acceptors (Lipinski definition) is 6. The lowest BCUT2D eigenvalue weighted by molar-refractivity contribution is -0.138. The fourth-order valence-corrected chi connectivity index (χ4v) is 4.98. The van der Waals surface area contributed by atoms with E-state index in [9.17, 15) is 14.4 Å². The maximum absolute atomic E-state index is 13.0. The number of amides is 3. The molecule has 0 radical (unpaired) electrons. The van der Waals surface area contributed by atoms with Crippen LogP contribution in [-0.4, -0.2) is 22.9 Å². The highest BCUT2D eigenvalue weighted by Crippen LogP contribution is 2.36. The topological polar surface area (TPSA) is 101 Å². The summed E-state index contributed by atoms with van der Waals surface area (Å²) >= 11 is 1.51. The van der Waals surface area contributed by atoms with Gasteiger partial charge in [-0.15, -0.1) is 11.8 Å². The first-order chi connectivity index (χ1) is 15.9. The van der Waals surface area contributed by atoms with Crippen molar-refractivity contribution in [3.05, 3.63) is 77.2 Å². The average Bonchev–Trinajstić information content (AvgIpc) is 3.24. The summed E-state index contributed by atoms with van der Waals surface area (Å²) in [6.45, 7) is 3.81. The molecule has 7 nitrogen and oxygen atoms in total. The van der Waals surface area contributed by atoms with Crippen molar-refractivity contribution in [2.75, 3.05) is 5.32 Å². The Morgan fingerprint density at radius 2 is 1.94 bits per heavy atom. The van der Waals surface area contributed by atoms with E-state index in [4.69, 9.17) is 4.52 Å². The van der Waals surface area contributed by atoms with Gasteiger partial charge in [-0.1, -0.05) is 36.3 Å². The van der Waals surface area contributed by atoms with E-state index < -0.39 is 5.41 Å². The smallest absolute Gasteiger partial charge is 0.256 e. The molecule has 1 aromatic heterocycles. The van der Waals surface area contributed by atoms with Crippen molar-refractivity contribution >= 4 is 35.2 Å². The van der Waals surface area contributed by atoms with Gasteiger partial charge in [0.1, 0.15) is 5.76 Å². The lowest BCUT2D eigenvalue weighted by atomic mass is 9.72. The number of benzene rings is 2. The Morgan fingerprint density at radius 3 is 2.61 bits per heavy atom. The number of imide groups is 1. The van der Waals surface area contributed by atoms with Crippen molar-refractivity contribution in [3.8, 4) is 0 Å². The van der Waals surface area contributed by atoms with Gasteiger partial charge >= 0.3 is 0 Å². The second-order valence-electron chi connectivity index (χ2n) is 8.06. The molecular formula is C25H25N3O4S. The van der Waals surface area contributed by atoms with Crippen LogP contribution >= 0.6 is 11.8 Å². The molecule has 0 aliphatic carbocycles. The molecule has 8 heteroatoms. The minimum absolute atomic E-state index is 0.217. The van der Waals surface area contributed by atoms with Gasteiger partial charge in [0.25, 0.3) is 5.91 Å². The molecular weight excluding hydrogens is 438 g/mol. The monoisotopic (exact) mass is 463 g/mol. The highest BCUT2D eigenvalue weighted by molar-refractivity contribution is 7.98. The Bertz CT molecular complexity index is 1190. The summed E-state index contributed by atoms with van der Waals surface area (Å²) in [5.41, 5.74) is 2.14. The van der Waals surface area contributed by atoms with Gasteiger partial charge < -0.3 is 9.84 Å². The second kappa shape index (κ2) is 9.62. The highest BCUT2D eigenvalue weighted by Gasteiger charge is 2.42. The normalized spacial score (nSPS) is 18.1. The van der Waals surface area contributed by atoms with Crippen molar-refractivity contribution < 1.29 is 18.9 Å². The first-order valence-electron chi connectivity index (χ1n) is 10.8. The van der Waals surface area contributed by atoms with Crippen LogP contribution in [0.3, 0.4) is 0 Å². The number of rotatable bonds is 7. The second-order valence-corrected chi connectivity index (χ2v) is 9.08. The molecule has 1 atom stereocenters. The minimum Gasteiger partial charge on any atom is -0.360 e. The van der Waals surface area contributed by atoms with Crippen LogP contribution in [0.2, 0.25) is 0 Å². The van der Waals surface area contributed by atoms with E-state index in [-0.39, 0.29) is 17.7 Å². The van der Waals surface area contributed by atoms with Crippen LogP contribution in [0.1, 0.15) is 53.6 Å². The standard InChI is InChI=1S/C25H25N3O4S/c1-3-25(13-12-22(29)27-24(25)31)17-8-10-18(11-9-17)26-23(30)20-6-4-5-7-21(20)33-15-19-14-16(2)28-32-19/h4-11,14H,3,12-13,15H2,1-2H3,(H,26,30)(H,27,29,31). The molecule has 4 rings (SSSR count). The predicted molar refractivity (Wildman–Crippen MR) is 126 cm³/mol. The molecule has 170 valence electrons. The van der Waals surface area contributed by atoms with Gasteiger partial charge in [0.15, 0.2) is 0 Å². The number of piperidine rings is 1. The molecule has 0 saturated carbocycles. The SMILES string of the molecule is CCC1(c2ccc(NC(=O)c3ccccc3SCc3cc(C)no3)cc2)CCC(=O)NC1=O. The number of hydrogen-bond donors (Lipinski definition) is 2. The number of aryl methyl sites for hydroxylation is 1. The lowest BCUT2D eigenvalue weighted by Gasteiger charge is -2.35. The molecule has 2 heterocycles. The van der Waals surface area contributed by atoms with Gasteiger partial charge in [-0.2, -0.15) is 0 Å². The number of anilines is 1. The molecule has 1 saturated heterocycles. The van der Waals surface area contributed by atoms with E-state index in [0.29, 0.717) is 36.3 Å². The van der Waals surface area contributed by atoms with Crippen LogP contribution in [0, 0.1) is 6.92 Å². The molecule has 2 N–H and O–H groups in total. The van der Waals surface area contributed by atoms with E-state index in [1.807, 2.05) is 50.2 Å². The molecule has 3 amide bonds.